The van der Waals surface area contributed by atoms with Crippen LogP contribution in [0.3, 0.4) is 0 Å². The van der Waals surface area contributed by atoms with Crippen LogP contribution in [0.1, 0.15) is 0 Å². The maximum absolute atomic E-state index is 5.08. The van der Waals surface area contributed by atoms with Crippen LogP contribution in [0.25, 0.3) is 87.7 Å². The molecule has 0 radical (unpaired) electrons. The van der Waals surface area contributed by atoms with Gasteiger partial charge in [0.2, 0.25) is 0 Å². The Kier molecular flexibility index (Phi) is 7.34. The van der Waals surface area contributed by atoms with Crippen molar-refractivity contribution in [1.29, 1.82) is 0 Å². The van der Waals surface area contributed by atoms with E-state index in [2.05, 4.69) is 115 Å². The van der Waals surface area contributed by atoms with Crippen LogP contribution in [0.2, 0.25) is 0 Å². The zero-order valence-electron chi connectivity index (χ0n) is 26.5. The normalized spacial score (nSPS) is 11.3. The first kappa shape index (κ1) is 29.0. The van der Waals surface area contributed by atoms with E-state index in [1.165, 1.54) is 31.3 Å². The molecule has 0 unspecified atom stereocenters. The first-order valence-corrected chi connectivity index (χ1v) is 17.2. The molecule has 3 nitrogen and oxygen atoms in total. The van der Waals surface area contributed by atoms with Gasteiger partial charge in [-0.25, -0.2) is 15.0 Å². The molecule has 0 N–H and O–H groups in total. The van der Waals surface area contributed by atoms with Gasteiger partial charge in [0.05, 0.1) is 0 Å². The lowest BCUT2D eigenvalue weighted by atomic mass is 9.94. The highest BCUT2D eigenvalue weighted by Crippen LogP contribution is 2.39. The summed E-state index contributed by atoms with van der Waals surface area (Å²) in [6.45, 7) is 0. The van der Waals surface area contributed by atoms with Gasteiger partial charge in [-0.05, 0) is 69.8 Å². The van der Waals surface area contributed by atoms with Gasteiger partial charge in [0.15, 0.2) is 17.5 Å². The topological polar surface area (TPSA) is 38.7 Å². The minimum Gasteiger partial charge on any atom is -0.208 e. The summed E-state index contributed by atoms with van der Waals surface area (Å²) in [5.41, 5.74) is 9.72. The van der Waals surface area contributed by atoms with Crippen LogP contribution < -0.4 is 0 Å². The second-order valence-corrected chi connectivity index (χ2v) is 13.2. The zero-order valence-corrected chi connectivity index (χ0v) is 27.3. The Morgan fingerprint density at radius 1 is 0.265 bits per heavy atom. The van der Waals surface area contributed by atoms with Crippen molar-refractivity contribution in [3.05, 3.63) is 176 Å². The number of benzene rings is 7. The lowest BCUT2D eigenvalue weighted by Gasteiger charge is -2.13. The SMILES string of the molecule is c1ccc(-c2ccc(-c3cc(-c4ccc5sc6ccccc6c5c4)cc(-c4nc(-c5ccccc5)nc(-c5ccccc5)n4)c3)cc2)cc1. The first-order chi connectivity index (χ1) is 24.2. The number of rotatable bonds is 6. The van der Waals surface area contributed by atoms with Crippen molar-refractivity contribution in [2.75, 3.05) is 0 Å². The van der Waals surface area contributed by atoms with Crippen LogP contribution in [0.5, 0.6) is 0 Å². The van der Waals surface area contributed by atoms with Crippen LogP contribution in [-0.4, -0.2) is 15.0 Å². The molecule has 9 aromatic rings. The Hall–Kier alpha value is -6.23. The minimum atomic E-state index is 0.638. The molecular formula is C45H29N3S. The molecule has 0 atom stereocenters. The van der Waals surface area contributed by atoms with Gasteiger partial charge < -0.3 is 0 Å². The van der Waals surface area contributed by atoms with Crippen molar-refractivity contribution < 1.29 is 0 Å². The third-order valence-electron chi connectivity index (χ3n) is 8.93. The van der Waals surface area contributed by atoms with Crippen molar-refractivity contribution in [3.8, 4) is 67.5 Å². The van der Waals surface area contributed by atoms with Gasteiger partial charge in [-0.2, -0.15) is 0 Å². The summed E-state index contributed by atoms with van der Waals surface area (Å²) < 4.78 is 2.59. The van der Waals surface area contributed by atoms with E-state index in [0.29, 0.717) is 17.5 Å². The van der Waals surface area contributed by atoms with Crippen molar-refractivity contribution >= 4 is 31.5 Å². The smallest absolute Gasteiger partial charge is 0.164 e. The summed E-state index contributed by atoms with van der Waals surface area (Å²) in [5, 5.41) is 2.56. The van der Waals surface area contributed by atoms with E-state index in [9.17, 15) is 0 Å². The average molecular weight is 644 g/mol. The monoisotopic (exact) mass is 643 g/mol. The molecule has 0 amide bonds. The molecule has 2 aromatic heterocycles. The minimum absolute atomic E-state index is 0.638. The third-order valence-corrected chi connectivity index (χ3v) is 10.1. The number of aromatic nitrogens is 3. The molecule has 0 spiro atoms. The largest absolute Gasteiger partial charge is 0.208 e. The van der Waals surface area contributed by atoms with Crippen molar-refractivity contribution in [3.63, 3.8) is 0 Å². The highest BCUT2D eigenvalue weighted by atomic mass is 32.1. The Morgan fingerprint density at radius 2 is 0.673 bits per heavy atom. The number of hydrogen-bond donors (Lipinski definition) is 0. The lowest BCUT2D eigenvalue weighted by Crippen LogP contribution is -2.00. The second-order valence-electron chi connectivity index (χ2n) is 12.1. The number of thiophene rings is 1. The van der Waals surface area contributed by atoms with Gasteiger partial charge in [-0.15, -0.1) is 11.3 Å². The predicted molar refractivity (Wildman–Crippen MR) is 205 cm³/mol. The van der Waals surface area contributed by atoms with Gasteiger partial charge >= 0.3 is 0 Å². The van der Waals surface area contributed by atoms with E-state index in [4.69, 9.17) is 15.0 Å². The fraction of sp³-hybridized carbons (Fsp3) is 0. The maximum atomic E-state index is 5.08. The summed E-state index contributed by atoms with van der Waals surface area (Å²) in [5.74, 6) is 1.93. The molecule has 0 aliphatic heterocycles. The Bertz CT molecular complexity index is 2520. The number of fused-ring (bicyclic) bond motifs is 3. The van der Waals surface area contributed by atoms with Crippen LogP contribution in [0.4, 0.5) is 0 Å². The van der Waals surface area contributed by atoms with E-state index < -0.39 is 0 Å². The molecule has 4 heteroatoms. The molecule has 0 saturated carbocycles. The fourth-order valence-electron chi connectivity index (χ4n) is 6.42. The molecule has 7 aromatic carbocycles. The molecule has 2 heterocycles. The highest BCUT2D eigenvalue weighted by Gasteiger charge is 2.16. The van der Waals surface area contributed by atoms with Crippen LogP contribution >= 0.6 is 11.3 Å². The van der Waals surface area contributed by atoms with Gasteiger partial charge in [0.1, 0.15) is 0 Å². The zero-order chi connectivity index (χ0) is 32.6. The quantitative estimate of drug-likeness (QED) is 0.181. The molecule has 0 saturated heterocycles. The van der Waals surface area contributed by atoms with Crippen LogP contribution in [0, 0.1) is 0 Å². The molecule has 9 rings (SSSR count). The van der Waals surface area contributed by atoms with Gasteiger partial charge in [-0.1, -0.05) is 140 Å². The van der Waals surface area contributed by atoms with Crippen LogP contribution in [-0.2, 0) is 0 Å². The van der Waals surface area contributed by atoms with Crippen molar-refractivity contribution in [1.82, 2.24) is 15.0 Å². The second kappa shape index (κ2) is 12.4. The van der Waals surface area contributed by atoms with Gasteiger partial charge in [-0.3, -0.25) is 0 Å². The van der Waals surface area contributed by atoms with Crippen molar-refractivity contribution in [2.45, 2.75) is 0 Å². The van der Waals surface area contributed by atoms with E-state index in [0.717, 1.165) is 38.9 Å². The third kappa shape index (κ3) is 5.69. The summed E-state index contributed by atoms with van der Waals surface area (Å²) in [6.07, 6.45) is 0. The van der Waals surface area contributed by atoms with Crippen LogP contribution in [0.15, 0.2) is 176 Å². The summed E-state index contributed by atoms with van der Waals surface area (Å²) in [6, 6.07) is 61.8. The molecular weight excluding hydrogens is 615 g/mol. The molecule has 0 aliphatic carbocycles. The maximum Gasteiger partial charge on any atom is 0.164 e. The molecule has 0 fully saturated rings. The first-order valence-electron chi connectivity index (χ1n) is 16.4. The fourth-order valence-corrected chi connectivity index (χ4v) is 7.51. The standard InChI is InChI=1S/C45H29N3S/c1-4-12-30(13-5-1)31-20-22-32(23-21-31)36-26-37(35-24-25-42-40(29-35)39-18-10-11-19-41(39)49-42)28-38(27-36)45-47-43(33-14-6-2-7-15-33)46-44(48-45)34-16-8-3-9-17-34/h1-29H. The van der Waals surface area contributed by atoms with E-state index >= 15 is 0 Å². The summed E-state index contributed by atoms with van der Waals surface area (Å²) in [7, 11) is 0. The Balaban J connectivity index is 1.24. The van der Waals surface area contributed by atoms with Gasteiger partial charge in [0, 0.05) is 36.9 Å². The number of nitrogens with zero attached hydrogens (tertiary/aromatic N) is 3. The molecule has 0 bridgehead atoms. The lowest BCUT2D eigenvalue weighted by molar-refractivity contribution is 1.07. The van der Waals surface area contributed by atoms with Crippen molar-refractivity contribution in [2.24, 2.45) is 0 Å². The summed E-state index contributed by atoms with van der Waals surface area (Å²) >= 11 is 1.84. The van der Waals surface area contributed by atoms with E-state index in [1.807, 2.05) is 72.0 Å². The van der Waals surface area contributed by atoms with E-state index in [1.54, 1.807) is 0 Å². The van der Waals surface area contributed by atoms with E-state index in [-0.39, 0.29) is 0 Å². The summed E-state index contributed by atoms with van der Waals surface area (Å²) in [4.78, 5) is 15.1. The van der Waals surface area contributed by atoms with Gasteiger partial charge in [0.25, 0.3) is 0 Å². The molecule has 49 heavy (non-hydrogen) atoms. The predicted octanol–water partition coefficient (Wildman–Crippen LogP) is 12.2. The number of hydrogen-bond acceptors (Lipinski definition) is 4. The average Bonchev–Trinajstić information content (AvgIpc) is 3.57. The highest BCUT2D eigenvalue weighted by molar-refractivity contribution is 7.25. The molecule has 230 valence electrons. The Labute approximate surface area is 288 Å². The Morgan fingerprint density at radius 3 is 1.29 bits per heavy atom. The molecule has 0 aliphatic rings.